The van der Waals surface area contributed by atoms with Crippen molar-refractivity contribution in [2.75, 3.05) is 13.1 Å². The summed E-state index contributed by atoms with van der Waals surface area (Å²) in [6.07, 6.45) is 5.75. The van der Waals surface area contributed by atoms with Gasteiger partial charge in [0.15, 0.2) is 17.2 Å². The lowest BCUT2D eigenvalue weighted by atomic mass is 9.94. The number of aromatic nitrogens is 7. The molecule has 5 aromatic heterocycles. The molecule has 3 N–H and O–H groups in total. The predicted octanol–water partition coefficient (Wildman–Crippen LogP) is 3.43. The second-order valence-electron chi connectivity index (χ2n) is 7.59. The van der Waals surface area contributed by atoms with E-state index in [1.165, 1.54) is 0 Å². The molecular weight excluding hydrogens is 376 g/mol. The SMILES string of the molecule is c1ccc(-c2ccnc3nc(-c4n[nH]c5ccc(C6CCNCC6)nc45)[nH]c23)nc1. The van der Waals surface area contributed by atoms with E-state index in [1.54, 1.807) is 12.4 Å². The number of H-pyrrole nitrogens is 2. The number of piperidine rings is 1. The van der Waals surface area contributed by atoms with Gasteiger partial charge in [-0.15, -0.1) is 0 Å². The fourth-order valence-corrected chi connectivity index (χ4v) is 4.18. The lowest BCUT2D eigenvalue weighted by molar-refractivity contribution is 0.454. The number of hydrogen-bond acceptors (Lipinski definition) is 6. The van der Waals surface area contributed by atoms with Crippen molar-refractivity contribution < 1.29 is 0 Å². The second-order valence-corrected chi connectivity index (χ2v) is 7.59. The number of nitrogens with one attached hydrogen (secondary N) is 3. The summed E-state index contributed by atoms with van der Waals surface area (Å²) in [7, 11) is 0. The van der Waals surface area contributed by atoms with Gasteiger partial charge in [-0.25, -0.2) is 15.0 Å². The average molecular weight is 396 g/mol. The van der Waals surface area contributed by atoms with E-state index < -0.39 is 0 Å². The molecule has 148 valence electrons. The van der Waals surface area contributed by atoms with Crippen molar-refractivity contribution in [3.05, 3.63) is 54.5 Å². The van der Waals surface area contributed by atoms with E-state index in [1.807, 2.05) is 24.3 Å². The number of pyridine rings is 3. The molecule has 1 aliphatic heterocycles. The first-order valence-corrected chi connectivity index (χ1v) is 10.2. The highest BCUT2D eigenvalue weighted by atomic mass is 15.2. The zero-order valence-electron chi connectivity index (χ0n) is 16.3. The highest BCUT2D eigenvalue weighted by Gasteiger charge is 2.20. The maximum absolute atomic E-state index is 4.97. The summed E-state index contributed by atoms with van der Waals surface area (Å²) < 4.78 is 0. The van der Waals surface area contributed by atoms with Gasteiger partial charge in [-0.3, -0.25) is 10.1 Å². The molecule has 0 aliphatic carbocycles. The molecule has 0 unspecified atom stereocenters. The van der Waals surface area contributed by atoms with Gasteiger partial charge in [0.1, 0.15) is 5.52 Å². The van der Waals surface area contributed by atoms with Crippen molar-refractivity contribution in [3.63, 3.8) is 0 Å². The van der Waals surface area contributed by atoms with E-state index in [9.17, 15) is 0 Å². The largest absolute Gasteiger partial charge is 0.335 e. The number of aromatic amines is 2. The van der Waals surface area contributed by atoms with E-state index in [4.69, 9.17) is 9.97 Å². The molecule has 0 atom stereocenters. The first kappa shape index (κ1) is 17.2. The number of hydrogen-bond donors (Lipinski definition) is 3. The first-order valence-electron chi connectivity index (χ1n) is 10.2. The van der Waals surface area contributed by atoms with Gasteiger partial charge in [0, 0.05) is 29.6 Å². The monoisotopic (exact) mass is 396 g/mol. The minimum Gasteiger partial charge on any atom is -0.335 e. The topological polar surface area (TPSA) is 108 Å². The molecular formula is C22H20N8. The maximum atomic E-state index is 4.97. The molecule has 8 nitrogen and oxygen atoms in total. The highest BCUT2D eigenvalue weighted by molar-refractivity contribution is 5.93. The van der Waals surface area contributed by atoms with E-state index in [-0.39, 0.29) is 0 Å². The fourth-order valence-electron chi connectivity index (χ4n) is 4.18. The number of rotatable bonds is 3. The fraction of sp³-hybridized carbons (Fsp3) is 0.227. The molecule has 0 spiro atoms. The first-order chi connectivity index (χ1) is 14.9. The lowest BCUT2D eigenvalue weighted by Crippen LogP contribution is -2.27. The van der Waals surface area contributed by atoms with Crippen LogP contribution in [0.1, 0.15) is 24.5 Å². The summed E-state index contributed by atoms with van der Waals surface area (Å²) >= 11 is 0. The zero-order chi connectivity index (χ0) is 19.9. The molecule has 0 saturated carbocycles. The van der Waals surface area contributed by atoms with Crippen LogP contribution in [0.4, 0.5) is 0 Å². The van der Waals surface area contributed by atoms with Crippen molar-refractivity contribution in [1.82, 2.24) is 40.4 Å². The predicted molar refractivity (Wildman–Crippen MR) is 115 cm³/mol. The van der Waals surface area contributed by atoms with Gasteiger partial charge in [0.2, 0.25) is 0 Å². The molecule has 1 aliphatic rings. The Balaban J connectivity index is 1.47. The van der Waals surface area contributed by atoms with Gasteiger partial charge in [-0.2, -0.15) is 5.10 Å². The summed E-state index contributed by atoms with van der Waals surface area (Å²) in [6.45, 7) is 2.07. The molecule has 6 heterocycles. The van der Waals surface area contributed by atoms with Crippen molar-refractivity contribution in [2.45, 2.75) is 18.8 Å². The Labute approximate surface area is 172 Å². The van der Waals surface area contributed by atoms with Crippen molar-refractivity contribution in [2.24, 2.45) is 0 Å². The Bertz CT molecular complexity index is 1330. The van der Waals surface area contributed by atoms with Crippen molar-refractivity contribution in [1.29, 1.82) is 0 Å². The number of fused-ring (bicyclic) bond motifs is 2. The van der Waals surface area contributed by atoms with Gasteiger partial charge >= 0.3 is 0 Å². The Morgan fingerprint density at radius 1 is 0.900 bits per heavy atom. The normalized spacial score (nSPS) is 15.2. The van der Waals surface area contributed by atoms with Crippen molar-refractivity contribution >= 4 is 22.2 Å². The molecule has 0 radical (unpaired) electrons. The lowest BCUT2D eigenvalue weighted by Gasteiger charge is -2.22. The van der Waals surface area contributed by atoms with Crippen LogP contribution in [0, 0.1) is 0 Å². The molecule has 30 heavy (non-hydrogen) atoms. The van der Waals surface area contributed by atoms with Crippen LogP contribution >= 0.6 is 0 Å². The van der Waals surface area contributed by atoms with E-state index >= 15 is 0 Å². The van der Waals surface area contributed by atoms with Crippen LogP contribution in [0.2, 0.25) is 0 Å². The summed E-state index contributed by atoms with van der Waals surface area (Å²) in [6, 6.07) is 12.0. The minimum atomic E-state index is 0.478. The van der Waals surface area contributed by atoms with Gasteiger partial charge in [0.25, 0.3) is 0 Å². The van der Waals surface area contributed by atoms with Crippen LogP contribution in [-0.4, -0.2) is 48.2 Å². The molecule has 0 amide bonds. The third kappa shape index (κ3) is 2.84. The van der Waals surface area contributed by atoms with Crippen LogP contribution in [0.3, 0.4) is 0 Å². The Hall–Kier alpha value is -3.65. The quantitative estimate of drug-likeness (QED) is 0.431. The number of imidazole rings is 1. The number of nitrogens with zero attached hydrogens (tertiary/aromatic N) is 5. The van der Waals surface area contributed by atoms with Crippen LogP contribution < -0.4 is 5.32 Å². The van der Waals surface area contributed by atoms with E-state index in [0.29, 0.717) is 23.1 Å². The Kier molecular flexibility index (Phi) is 4.02. The molecule has 6 rings (SSSR count). The third-order valence-electron chi connectivity index (χ3n) is 5.74. The highest BCUT2D eigenvalue weighted by Crippen LogP contribution is 2.31. The van der Waals surface area contributed by atoms with Gasteiger partial charge in [-0.1, -0.05) is 6.07 Å². The molecule has 8 heteroatoms. The van der Waals surface area contributed by atoms with Gasteiger partial charge < -0.3 is 10.3 Å². The standard InChI is InChI=1S/C22H20N8/c1-2-9-24-16(3-1)14-8-12-25-21-18(14)27-22(28-21)20-19-17(29-30-20)5-4-15(26-19)13-6-10-23-11-7-13/h1-5,8-9,12-13,23H,6-7,10-11H2,(H,29,30)(H,25,27,28). The van der Waals surface area contributed by atoms with Crippen LogP contribution in [0.25, 0.3) is 45.0 Å². The van der Waals surface area contributed by atoms with E-state index in [2.05, 4.69) is 42.6 Å². The maximum Gasteiger partial charge on any atom is 0.178 e. The Morgan fingerprint density at radius 2 is 1.83 bits per heavy atom. The average Bonchev–Trinajstić information content (AvgIpc) is 3.43. The molecule has 1 fully saturated rings. The Morgan fingerprint density at radius 3 is 2.70 bits per heavy atom. The molecule has 0 bridgehead atoms. The summed E-state index contributed by atoms with van der Waals surface area (Å²) in [5, 5.41) is 11.0. The third-order valence-corrected chi connectivity index (χ3v) is 5.74. The van der Waals surface area contributed by atoms with Gasteiger partial charge in [0.05, 0.1) is 16.7 Å². The minimum absolute atomic E-state index is 0.478. The summed E-state index contributed by atoms with van der Waals surface area (Å²) in [4.78, 5) is 22.0. The summed E-state index contributed by atoms with van der Waals surface area (Å²) in [5.74, 6) is 1.13. The molecule has 1 saturated heterocycles. The zero-order valence-corrected chi connectivity index (χ0v) is 16.3. The second kappa shape index (κ2) is 7.00. The van der Waals surface area contributed by atoms with Crippen LogP contribution in [0.5, 0.6) is 0 Å². The van der Waals surface area contributed by atoms with Crippen LogP contribution in [0.15, 0.2) is 48.8 Å². The smallest absolute Gasteiger partial charge is 0.178 e. The van der Waals surface area contributed by atoms with Crippen LogP contribution in [-0.2, 0) is 0 Å². The summed E-state index contributed by atoms with van der Waals surface area (Å²) in [5.41, 5.74) is 6.89. The van der Waals surface area contributed by atoms with E-state index in [0.717, 1.165) is 59.4 Å². The molecule has 0 aromatic carbocycles. The molecule has 5 aromatic rings. The van der Waals surface area contributed by atoms with Crippen molar-refractivity contribution in [3.8, 4) is 22.8 Å². The van der Waals surface area contributed by atoms with Gasteiger partial charge in [-0.05, 0) is 56.3 Å².